The standard InChI is InChI=1S/C23H24N2OS.C4H11NO2/c1-16(2)26-22-11-10-17(12-19(22)13-24)15-27-23(14-25-3)21-9-5-7-18-6-4-8-20(18)21;1-5-7-4-3-6-2/h5,7,9-12,14,16H,3-4,6,8,15H2,1-2H3;5H,3-4H2,1-2H3/b23-14-;. The van der Waals surface area contributed by atoms with Gasteiger partial charge in [0.1, 0.15) is 11.8 Å². The number of aliphatic imine (C=N–C) groups is 1. The minimum atomic E-state index is 0.0469. The largest absolute Gasteiger partial charge is 0.490 e. The molecule has 0 atom stereocenters. The van der Waals surface area contributed by atoms with E-state index in [4.69, 9.17) is 9.57 Å². The molecule has 0 heterocycles. The Hall–Kier alpha value is -2.63. The van der Waals surface area contributed by atoms with Gasteiger partial charge in [-0.1, -0.05) is 24.3 Å². The van der Waals surface area contributed by atoms with Crippen LogP contribution < -0.4 is 10.2 Å². The molecule has 0 radical (unpaired) electrons. The Labute approximate surface area is 208 Å². The van der Waals surface area contributed by atoms with Crippen LogP contribution in [0.2, 0.25) is 0 Å². The van der Waals surface area contributed by atoms with E-state index >= 15 is 0 Å². The van der Waals surface area contributed by atoms with Gasteiger partial charge in [0.25, 0.3) is 0 Å². The molecule has 2 aromatic carbocycles. The molecule has 0 fully saturated rings. The van der Waals surface area contributed by atoms with Crippen molar-refractivity contribution < 1.29 is 14.3 Å². The Balaban J connectivity index is 0.000000509. The monoisotopic (exact) mass is 481 g/mol. The van der Waals surface area contributed by atoms with E-state index in [2.05, 4.69) is 46.2 Å². The maximum absolute atomic E-state index is 9.43. The van der Waals surface area contributed by atoms with Gasteiger partial charge in [0, 0.05) is 31.0 Å². The van der Waals surface area contributed by atoms with E-state index in [0.29, 0.717) is 24.5 Å². The van der Waals surface area contributed by atoms with Crippen molar-refractivity contribution in [3.63, 3.8) is 0 Å². The number of methoxy groups -OCH3 is 1. The Bertz CT molecular complexity index is 995. The van der Waals surface area contributed by atoms with Crippen LogP contribution in [0, 0.1) is 11.3 Å². The van der Waals surface area contributed by atoms with Gasteiger partial charge in [0.15, 0.2) is 0 Å². The quantitative estimate of drug-likeness (QED) is 0.258. The van der Waals surface area contributed by atoms with Gasteiger partial charge in [-0.2, -0.15) is 5.26 Å². The van der Waals surface area contributed by atoms with E-state index in [0.717, 1.165) is 29.1 Å². The van der Waals surface area contributed by atoms with Gasteiger partial charge >= 0.3 is 0 Å². The van der Waals surface area contributed by atoms with Crippen LogP contribution in [0.3, 0.4) is 0 Å². The first-order valence-electron chi connectivity index (χ1n) is 11.4. The Morgan fingerprint density at radius 1 is 1.26 bits per heavy atom. The minimum Gasteiger partial charge on any atom is -0.490 e. The number of thioether (sulfide) groups is 1. The molecule has 0 unspecified atom stereocenters. The number of ether oxygens (including phenoxy) is 2. The summed E-state index contributed by atoms with van der Waals surface area (Å²) in [5.41, 5.74) is 8.35. The predicted octanol–water partition coefficient (Wildman–Crippen LogP) is 5.55. The summed E-state index contributed by atoms with van der Waals surface area (Å²) in [6.45, 7) is 8.81. The van der Waals surface area contributed by atoms with Crippen LogP contribution in [0.25, 0.3) is 4.91 Å². The van der Waals surface area contributed by atoms with Gasteiger partial charge in [-0.05, 0) is 74.2 Å². The number of nitrogens with zero attached hydrogens (tertiary/aromatic N) is 2. The number of benzene rings is 2. The molecule has 1 aliphatic rings. The number of hydrogen-bond acceptors (Lipinski definition) is 7. The summed E-state index contributed by atoms with van der Waals surface area (Å²) in [7, 11) is 3.36. The van der Waals surface area contributed by atoms with Crippen molar-refractivity contribution >= 4 is 23.4 Å². The van der Waals surface area contributed by atoms with Crippen LogP contribution in [0.5, 0.6) is 5.75 Å². The maximum Gasteiger partial charge on any atom is 0.137 e. The summed E-state index contributed by atoms with van der Waals surface area (Å²) in [4.78, 5) is 9.85. The van der Waals surface area contributed by atoms with Crippen LogP contribution in [-0.4, -0.2) is 40.2 Å². The molecule has 1 N–H and O–H groups in total. The molecular formula is C27H35N3O3S. The Kier molecular flexibility index (Phi) is 12.4. The molecule has 7 heteroatoms. The summed E-state index contributed by atoms with van der Waals surface area (Å²) in [6, 6.07) is 14.6. The van der Waals surface area contributed by atoms with Gasteiger partial charge in [0.05, 0.1) is 24.9 Å². The number of fused-ring (bicyclic) bond motifs is 1. The molecule has 3 rings (SSSR count). The lowest BCUT2D eigenvalue weighted by Crippen LogP contribution is -2.11. The van der Waals surface area contributed by atoms with Gasteiger partial charge in [-0.3, -0.25) is 9.83 Å². The highest BCUT2D eigenvalue weighted by Crippen LogP contribution is 2.37. The van der Waals surface area contributed by atoms with Crippen LogP contribution in [-0.2, 0) is 28.2 Å². The van der Waals surface area contributed by atoms with Gasteiger partial charge < -0.3 is 9.47 Å². The van der Waals surface area contributed by atoms with Gasteiger partial charge in [0.2, 0.25) is 0 Å². The summed E-state index contributed by atoms with van der Waals surface area (Å²) in [6.07, 6.45) is 5.39. The molecule has 0 amide bonds. The summed E-state index contributed by atoms with van der Waals surface area (Å²) in [5, 5.41) is 9.43. The predicted molar refractivity (Wildman–Crippen MR) is 141 cm³/mol. The first-order valence-corrected chi connectivity index (χ1v) is 12.4. The van der Waals surface area contributed by atoms with Crippen LogP contribution >= 0.6 is 11.8 Å². The van der Waals surface area contributed by atoms with Crippen molar-refractivity contribution in [1.29, 1.82) is 5.26 Å². The molecular weight excluding hydrogens is 446 g/mol. The molecule has 2 aromatic rings. The minimum absolute atomic E-state index is 0.0469. The number of nitriles is 1. The lowest BCUT2D eigenvalue weighted by molar-refractivity contribution is 0.0190. The van der Waals surface area contributed by atoms with Crippen molar-refractivity contribution in [2.45, 2.75) is 45.0 Å². The molecule has 6 nitrogen and oxygen atoms in total. The highest BCUT2D eigenvalue weighted by atomic mass is 32.2. The third-order valence-corrected chi connectivity index (χ3v) is 6.19. The van der Waals surface area contributed by atoms with Crippen LogP contribution in [0.4, 0.5) is 0 Å². The molecule has 1 aliphatic carbocycles. The molecule has 182 valence electrons. The lowest BCUT2D eigenvalue weighted by atomic mass is 10.0. The van der Waals surface area contributed by atoms with Crippen molar-refractivity contribution in [2.24, 2.45) is 4.99 Å². The maximum atomic E-state index is 9.43. The molecule has 0 saturated carbocycles. The first-order chi connectivity index (χ1) is 16.5. The fourth-order valence-corrected chi connectivity index (χ4v) is 4.61. The van der Waals surface area contributed by atoms with E-state index in [-0.39, 0.29) is 6.10 Å². The molecule has 0 saturated heterocycles. The number of nitrogens with one attached hydrogen (secondary N) is 1. The summed E-state index contributed by atoms with van der Waals surface area (Å²) < 4.78 is 10.4. The van der Waals surface area contributed by atoms with E-state index in [1.54, 1.807) is 25.9 Å². The second kappa shape index (κ2) is 15.3. The fourth-order valence-electron chi connectivity index (χ4n) is 3.62. The third-order valence-electron chi connectivity index (χ3n) is 5.08. The average molecular weight is 482 g/mol. The number of hydroxylamine groups is 1. The number of rotatable bonds is 11. The molecule has 0 aromatic heterocycles. The topological polar surface area (TPSA) is 75.9 Å². The summed E-state index contributed by atoms with van der Waals surface area (Å²) in [5.74, 6) is 1.41. The zero-order valence-electron chi connectivity index (χ0n) is 20.6. The molecule has 0 spiro atoms. The van der Waals surface area contributed by atoms with Gasteiger partial charge in [-0.25, -0.2) is 5.48 Å². The zero-order valence-corrected chi connectivity index (χ0v) is 21.4. The van der Waals surface area contributed by atoms with Crippen LogP contribution in [0.15, 0.2) is 47.6 Å². The number of aryl methyl sites for hydroxylation is 1. The van der Waals surface area contributed by atoms with Crippen molar-refractivity contribution in [3.8, 4) is 11.8 Å². The Morgan fingerprint density at radius 3 is 2.76 bits per heavy atom. The average Bonchev–Trinajstić information content (AvgIpc) is 3.32. The smallest absolute Gasteiger partial charge is 0.137 e. The highest BCUT2D eigenvalue weighted by molar-refractivity contribution is 8.07. The number of hydrogen-bond donors (Lipinski definition) is 1. The summed E-state index contributed by atoms with van der Waals surface area (Å²) >= 11 is 1.73. The second-order valence-corrected chi connectivity index (χ2v) is 8.93. The van der Waals surface area contributed by atoms with E-state index in [1.807, 2.05) is 38.2 Å². The van der Waals surface area contributed by atoms with E-state index < -0.39 is 0 Å². The second-order valence-electron chi connectivity index (χ2n) is 7.92. The third kappa shape index (κ3) is 8.62. The van der Waals surface area contributed by atoms with Gasteiger partial charge in [-0.15, -0.1) is 11.8 Å². The first kappa shape index (κ1) is 27.6. The van der Waals surface area contributed by atoms with Crippen molar-refractivity contribution in [2.75, 3.05) is 27.4 Å². The van der Waals surface area contributed by atoms with Crippen molar-refractivity contribution in [3.05, 3.63) is 70.4 Å². The molecule has 34 heavy (non-hydrogen) atoms. The van der Waals surface area contributed by atoms with Crippen LogP contribution in [0.1, 0.15) is 48.1 Å². The van der Waals surface area contributed by atoms with E-state index in [1.165, 1.54) is 23.1 Å². The van der Waals surface area contributed by atoms with Crippen molar-refractivity contribution in [1.82, 2.24) is 5.48 Å². The fraction of sp³-hybridized carbons (Fsp3) is 0.407. The lowest BCUT2D eigenvalue weighted by Gasteiger charge is -2.14. The normalized spacial score (nSPS) is 12.5. The highest BCUT2D eigenvalue weighted by Gasteiger charge is 2.17. The zero-order chi connectivity index (χ0) is 24.8. The van der Waals surface area contributed by atoms with E-state index in [9.17, 15) is 5.26 Å². The molecule has 0 aliphatic heterocycles. The SMILES string of the molecule is C=N/C=C(\SCc1ccc(OC(C)C)c(C#N)c1)c1cccc2c1CCC2.CNOCCOC. The Morgan fingerprint density at radius 2 is 2.09 bits per heavy atom. The molecule has 0 bridgehead atoms.